The zero-order valence-corrected chi connectivity index (χ0v) is 15.9. The Morgan fingerprint density at radius 1 is 1.15 bits per heavy atom. The van der Waals surface area contributed by atoms with Crippen LogP contribution in [0.3, 0.4) is 0 Å². The highest BCUT2D eigenvalue weighted by Crippen LogP contribution is 2.34. The van der Waals surface area contributed by atoms with Crippen LogP contribution < -0.4 is 14.4 Å². The smallest absolute Gasteiger partial charge is 0.261 e. The number of ether oxygens (including phenoxy) is 1. The van der Waals surface area contributed by atoms with E-state index < -0.39 is 10.0 Å². The average Bonchev–Trinajstić information content (AvgIpc) is 3.07. The zero-order valence-electron chi connectivity index (χ0n) is 15.1. The van der Waals surface area contributed by atoms with Crippen LogP contribution in [0.4, 0.5) is 11.4 Å². The molecule has 0 bridgehead atoms. The normalized spacial score (nSPS) is 14.3. The molecule has 2 aromatic carbocycles. The Balaban J connectivity index is 1.86. The summed E-state index contributed by atoms with van der Waals surface area (Å²) in [5, 5.41) is 0. The molecule has 7 nitrogen and oxygen atoms in total. The van der Waals surface area contributed by atoms with E-state index in [1.807, 2.05) is 0 Å². The van der Waals surface area contributed by atoms with E-state index in [9.17, 15) is 18.0 Å². The van der Waals surface area contributed by atoms with E-state index in [2.05, 4.69) is 4.72 Å². The van der Waals surface area contributed by atoms with Crippen LogP contribution in [-0.2, 0) is 14.8 Å². The number of hydrogen-bond donors (Lipinski definition) is 1. The van der Waals surface area contributed by atoms with Crippen molar-refractivity contribution in [2.45, 2.75) is 24.7 Å². The van der Waals surface area contributed by atoms with Gasteiger partial charge in [0.15, 0.2) is 5.78 Å². The standard InChI is InChI=1S/C19H20N2O5S/c1-13(22)14-5-8-16(9-6-14)27(24,25)20-15-7-10-17(18(12-15)26-2)21-11-3-4-19(21)23/h5-10,12,20H,3-4,11H2,1-2H3. The van der Waals surface area contributed by atoms with Crippen molar-refractivity contribution < 1.29 is 22.7 Å². The Kier molecular flexibility index (Phi) is 5.18. The lowest BCUT2D eigenvalue weighted by Gasteiger charge is -2.20. The highest BCUT2D eigenvalue weighted by Gasteiger charge is 2.25. The lowest BCUT2D eigenvalue weighted by atomic mass is 10.2. The monoisotopic (exact) mass is 388 g/mol. The molecular formula is C19H20N2O5S. The van der Waals surface area contributed by atoms with E-state index in [0.717, 1.165) is 6.42 Å². The van der Waals surface area contributed by atoms with Gasteiger partial charge >= 0.3 is 0 Å². The maximum absolute atomic E-state index is 12.6. The van der Waals surface area contributed by atoms with Crippen LogP contribution in [0.1, 0.15) is 30.1 Å². The van der Waals surface area contributed by atoms with Crippen molar-refractivity contribution in [2.24, 2.45) is 0 Å². The third-order valence-corrected chi connectivity index (χ3v) is 5.76. The molecule has 142 valence electrons. The van der Waals surface area contributed by atoms with E-state index in [1.165, 1.54) is 38.3 Å². The van der Waals surface area contributed by atoms with Crippen molar-refractivity contribution >= 4 is 33.1 Å². The van der Waals surface area contributed by atoms with E-state index in [0.29, 0.717) is 35.7 Å². The van der Waals surface area contributed by atoms with Gasteiger partial charge in [-0.25, -0.2) is 8.42 Å². The molecule has 1 heterocycles. The lowest BCUT2D eigenvalue weighted by Crippen LogP contribution is -2.24. The number of sulfonamides is 1. The summed E-state index contributed by atoms with van der Waals surface area (Å²) in [5.74, 6) is 0.299. The summed E-state index contributed by atoms with van der Waals surface area (Å²) in [4.78, 5) is 25.0. The lowest BCUT2D eigenvalue weighted by molar-refractivity contribution is -0.117. The first kappa shape index (κ1) is 18.9. The number of ketones is 1. The first-order valence-electron chi connectivity index (χ1n) is 8.44. The molecule has 1 saturated heterocycles. The van der Waals surface area contributed by atoms with Crippen molar-refractivity contribution in [1.29, 1.82) is 0 Å². The molecule has 1 fully saturated rings. The first-order valence-corrected chi connectivity index (χ1v) is 9.92. The van der Waals surface area contributed by atoms with Gasteiger partial charge in [-0.15, -0.1) is 0 Å². The van der Waals surface area contributed by atoms with Gasteiger partial charge in [0.05, 0.1) is 23.4 Å². The van der Waals surface area contributed by atoms with Crippen molar-refractivity contribution in [3.05, 3.63) is 48.0 Å². The van der Waals surface area contributed by atoms with Crippen molar-refractivity contribution in [2.75, 3.05) is 23.3 Å². The molecule has 27 heavy (non-hydrogen) atoms. The van der Waals surface area contributed by atoms with Gasteiger partial charge in [0.1, 0.15) is 5.75 Å². The minimum absolute atomic E-state index is 0.0205. The molecule has 8 heteroatoms. The second-order valence-electron chi connectivity index (χ2n) is 6.22. The fraction of sp³-hybridized carbons (Fsp3) is 0.263. The van der Waals surface area contributed by atoms with Crippen molar-refractivity contribution in [3.8, 4) is 5.75 Å². The summed E-state index contributed by atoms with van der Waals surface area (Å²) in [5.41, 5.74) is 1.38. The van der Waals surface area contributed by atoms with Crippen LogP contribution in [0.2, 0.25) is 0 Å². The number of carbonyl (C=O) groups is 2. The number of anilines is 2. The molecule has 1 aliphatic heterocycles. The number of hydrogen-bond acceptors (Lipinski definition) is 5. The molecule has 1 amide bonds. The predicted molar refractivity (Wildman–Crippen MR) is 102 cm³/mol. The molecule has 0 spiro atoms. The van der Waals surface area contributed by atoms with Gasteiger partial charge in [-0.3, -0.25) is 14.3 Å². The number of rotatable bonds is 6. The van der Waals surface area contributed by atoms with E-state index in [4.69, 9.17) is 4.74 Å². The Bertz CT molecular complexity index is 984. The maximum atomic E-state index is 12.6. The first-order chi connectivity index (χ1) is 12.8. The Labute approximate surface area is 158 Å². The fourth-order valence-corrected chi connectivity index (χ4v) is 4.00. The van der Waals surface area contributed by atoms with E-state index in [-0.39, 0.29) is 16.6 Å². The molecule has 0 radical (unpaired) electrons. The Morgan fingerprint density at radius 2 is 1.85 bits per heavy atom. The summed E-state index contributed by atoms with van der Waals surface area (Å²) in [6, 6.07) is 10.5. The molecule has 1 N–H and O–H groups in total. The molecule has 0 atom stereocenters. The minimum atomic E-state index is -3.82. The largest absolute Gasteiger partial charge is 0.494 e. The summed E-state index contributed by atoms with van der Waals surface area (Å²) < 4.78 is 33.0. The number of methoxy groups -OCH3 is 1. The molecule has 0 aromatic heterocycles. The van der Waals surface area contributed by atoms with Crippen molar-refractivity contribution in [3.63, 3.8) is 0 Å². The zero-order chi connectivity index (χ0) is 19.6. The number of amides is 1. The summed E-state index contributed by atoms with van der Waals surface area (Å²) in [7, 11) is -2.35. The molecule has 3 rings (SSSR count). The van der Waals surface area contributed by atoms with Gasteiger partial charge in [-0.1, -0.05) is 12.1 Å². The third kappa shape index (κ3) is 3.95. The van der Waals surface area contributed by atoms with Gasteiger partial charge in [0.2, 0.25) is 5.91 Å². The molecule has 1 aliphatic rings. The van der Waals surface area contributed by atoms with E-state index in [1.54, 1.807) is 23.1 Å². The van der Waals surface area contributed by atoms with Crippen LogP contribution >= 0.6 is 0 Å². The Hall–Kier alpha value is -2.87. The highest BCUT2D eigenvalue weighted by molar-refractivity contribution is 7.92. The number of benzene rings is 2. The number of carbonyl (C=O) groups excluding carboxylic acids is 2. The van der Waals surface area contributed by atoms with E-state index >= 15 is 0 Å². The van der Waals surface area contributed by atoms with Gasteiger partial charge in [-0.05, 0) is 37.6 Å². The minimum Gasteiger partial charge on any atom is -0.494 e. The number of nitrogens with zero attached hydrogens (tertiary/aromatic N) is 1. The summed E-state index contributed by atoms with van der Waals surface area (Å²) in [6.45, 7) is 2.03. The van der Waals surface area contributed by atoms with Crippen molar-refractivity contribution in [1.82, 2.24) is 0 Å². The summed E-state index contributed by atoms with van der Waals surface area (Å²) in [6.07, 6.45) is 1.28. The molecule has 0 saturated carbocycles. The van der Waals surface area contributed by atoms with Crippen LogP contribution in [0.25, 0.3) is 0 Å². The quantitative estimate of drug-likeness (QED) is 0.768. The topological polar surface area (TPSA) is 92.8 Å². The van der Waals surface area contributed by atoms with Crippen LogP contribution in [-0.4, -0.2) is 33.8 Å². The predicted octanol–water partition coefficient (Wildman–Crippen LogP) is 2.83. The van der Waals surface area contributed by atoms with Gasteiger partial charge in [0.25, 0.3) is 10.0 Å². The fourth-order valence-electron chi connectivity index (χ4n) is 2.95. The average molecular weight is 388 g/mol. The maximum Gasteiger partial charge on any atom is 0.261 e. The molecule has 0 unspecified atom stereocenters. The SMILES string of the molecule is COc1cc(NS(=O)(=O)c2ccc(C(C)=O)cc2)ccc1N1CCCC1=O. The second kappa shape index (κ2) is 7.40. The van der Waals surface area contributed by atoms with Crippen LogP contribution in [0.5, 0.6) is 5.75 Å². The second-order valence-corrected chi connectivity index (χ2v) is 7.90. The number of Topliss-reactive ketones (excluding diaryl/α,β-unsaturated/α-hetero) is 1. The highest BCUT2D eigenvalue weighted by atomic mass is 32.2. The summed E-state index contributed by atoms with van der Waals surface area (Å²) >= 11 is 0. The number of nitrogens with one attached hydrogen (secondary N) is 1. The molecule has 0 aliphatic carbocycles. The van der Waals surface area contributed by atoms with Gasteiger partial charge in [-0.2, -0.15) is 0 Å². The molecular weight excluding hydrogens is 368 g/mol. The Morgan fingerprint density at radius 3 is 2.41 bits per heavy atom. The molecule has 2 aromatic rings. The third-order valence-electron chi connectivity index (χ3n) is 4.37. The van der Waals surface area contributed by atoms with Crippen LogP contribution in [0.15, 0.2) is 47.4 Å². The van der Waals surface area contributed by atoms with Gasteiger partial charge < -0.3 is 9.64 Å². The van der Waals surface area contributed by atoms with Crippen LogP contribution in [0, 0.1) is 0 Å². The van der Waals surface area contributed by atoms with Gasteiger partial charge in [0, 0.05) is 24.6 Å².